The summed E-state index contributed by atoms with van der Waals surface area (Å²) in [5.41, 5.74) is 6.25. The third-order valence-electron chi connectivity index (χ3n) is 7.83. The second-order valence-electron chi connectivity index (χ2n) is 11.3. The smallest absolute Gasteiger partial charge is 0.227 e. The minimum Gasteiger partial charge on any atom is -0.507 e. The largest absolute Gasteiger partial charge is 0.507 e. The molecule has 0 heterocycles. The molecule has 0 radical (unpaired) electrons. The van der Waals surface area contributed by atoms with Crippen LogP contribution in [0.2, 0.25) is 0 Å². The van der Waals surface area contributed by atoms with Crippen molar-refractivity contribution in [3.63, 3.8) is 0 Å². The van der Waals surface area contributed by atoms with Gasteiger partial charge in [0.15, 0.2) is 0 Å². The van der Waals surface area contributed by atoms with E-state index in [1.54, 1.807) is 0 Å². The number of hydrogen-bond acceptors (Lipinski definition) is 3. The first-order valence-corrected chi connectivity index (χ1v) is 16.1. The number of unbranched alkanes of at least 4 members (excludes halogenated alkanes) is 7. The molecular weight excluding hydrogens is 504 g/mol. The zero-order valence-electron chi connectivity index (χ0n) is 25.8. The van der Waals surface area contributed by atoms with Crippen LogP contribution in [0.3, 0.4) is 0 Å². The van der Waals surface area contributed by atoms with Crippen molar-refractivity contribution in [2.75, 3.05) is 16.8 Å². The van der Waals surface area contributed by atoms with E-state index in [4.69, 9.17) is 0 Å². The van der Waals surface area contributed by atoms with Crippen molar-refractivity contribution in [1.82, 2.24) is 0 Å². The number of benzene rings is 3. The van der Waals surface area contributed by atoms with Crippen LogP contribution < -0.4 is 10.2 Å². The van der Waals surface area contributed by atoms with Crippen LogP contribution in [-0.4, -0.2) is 17.6 Å². The van der Waals surface area contributed by atoms with E-state index in [0.29, 0.717) is 18.6 Å². The first kappa shape index (κ1) is 32.2. The summed E-state index contributed by atoms with van der Waals surface area (Å²) < 4.78 is 0. The number of carbonyl (C=O) groups is 1. The van der Waals surface area contributed by atoms with Gasteiger partial charge in [0.2, 0.25) is 5.91 Å². The molecule has 0 aliphatic carbocycles. The van der Waals surface area contributed by atoms with Gasteiger partial charge in [-0.1, -0.05) is 96.0 Å². The van der Waals surface area contributed by atoms with E-state index < -0.39 is 0 Å². The summed E-state index contributed by atoms with van der Waals surface area (Å²) in [7, 11) is 0. The number of phenols is 1. The molecule has 1 amide bonds. The van der Waals surface area contributed by atoms with Crippen molar-refractivity contribution in [3.05, 3.63) is 83.4 Å². The number of para-hydroxylation sites is 1. The molecule has 0 bridgehead atoms. The maximum Gasteiger partial charge on any atom is 0.227 e. The Bertz CT molecular complexity index is 1130. The normalized spacial score (nSPS) is 11.0. The number of carbonyl (C=O) groups excluding carboxylic acids is 1. The van der Waals surface area contributed by atoms with E-state index in [0.717, 1.165) is 91.7 Å². The number of aromatic hydroxyl groups is 1. The van der Waals surface area contributed by atoms with Crippen molar-refractivity contribution >= 4 is 23.0 Å². The maximum atomic E-state index is 13.7. The van der Waals surface area contributed by atoms with E-state index in [2.05, 4.69) is 62.5 Å². The van der Waals surface area contributed by atoms with Crippen LogP contribution in [0.1, 0.15) is 108 Å². The summed E-state index contributed by atoms with van der Waals surface area (Å²) in [5.74, 6) is 0.636. The summed E-state index contributed by atoms with van der Waals surface area (Å²) in [5, 5.41) is 14.3. The molecule has 4 heteroatoms. The Hall–Kier alpha value is -3.27. The molecule has 3 aromatic carbocycles. The van der Waals surface area contributed by atoms with Crippen LogP contribution in [0.25, 0.3) is 0 Å². The molecule has 0 aromatic heterocycles. The van der Waals surface area contributed by atoms with Gasteiger partial charge in [0.25, 0.3) is 0 Å². The second-order valence-corrected chi connectivity index (χ2v) is 11.3. The van der Waals surface area contributed by atoms with E-state index >= 15 is 0 Å². The number of nitrogens with zero attached hydrogens (tertiary/aromatic N) is 1. The molecule has 0 atom stereocenters. The lowest BCUT2D eigenvalue weighted by molar-refractivity contribution is -0.118. The van der Waals surface area contributed by atoms with Crippen molar-refractivity contribution in [2.24, 2.45) is 0 Å². The molecular formula is C37H52N2O2. The molecule has 0 saturated carbocycles. The van der Waals surface area contributed by atoms with E-state index in [-0.39, 0.29) is 5.91 Å². The summed E-state index contributed by atoms with van der Waals surface area (Å²) in [4.78, 5) is 15.7. The summed E-state index contributed by atoms with van der Waals surface area (Å²) in [6.07, 6.45) is 14.4. The quantitative estimate of drug-likeness (QED) is 0.144. The van der Waals surface area contributed by atoms with Gasteiger partial charge in [0, 0.05) is 30.0 Å². The molecule has 0 fully saturated rings. The molecule has 0 saturated heterocycles. The number of anilines is 3. The molecule has 41 heavy (non-hydrogen) atoms. The van der Waals surface area contributed by atoms with E-state index in [9.17, 15) is 9.90 Å². The topological polar surface area (TPSA) is 52.6 Å². The Morgan fingerprint density at radius 3 is 1.85 bits per heavy atom. The molecule has 0 aliphatic heterocycles. The predicted molar refractivity (Wildman–Crippen MR) is 176 cm³/mol. The van der Waals surface area contributed by atoms with Gasteiger partial charge < -0.3 is 15.3 Å². The Morgan fingerprint density at radius 1 is 0.683 bits per heavy atom. The highest BCUT2D eigenvalue weighted by molar-refractivity contribution is 5.93. The van der Waals surface area contributed by atoms with Crippen LogP contribution in [-0.2, 0) is 24.1 Å². The van der Waals surface area contributed by atoms with Crippen molar-refractivity contribution in [2.45, 2.75) is 111 Å². The lowest BCUT2D eigenvalue weighted by Gasteiger charge is -2.24. The molecule has 0 spiro atoms. The minimum atomic E-state index is 0.167. The molecule has 2 N–H and O–H groups in total. The highest BCUT2D eigenvalue weighted by Crippen LogP contribution is 2.29. The van der Waals surface area contributed by atoms with Gasteiger partial charge in [-0.15, -0.1) is 0 Å². The fraction of sp³-hybridized carbons (Fsp3) is 0.486. The van der Waals surface area contributed by atoms with Crippen LogP contribution >= 0.6 is 0 Å². The monoisotopic (exact) mass is 556 g/mol. The van der Waals surface area contributed by atoms with E-state index in [1.807, 2.05) is 35.2 Å². The highest BCUT2D eigenvalue weighted by atomic mass is 16.3. The predicted octanol–water partition coefficient (Wildman–Crippen LogP) is 10.1. The Kier molecular flexibility index (Phi) is 14.3. The third kappa shape index (κ3) is 10.9. The van der Waals surface area contributed by atoms with Crippen LogP contribution in [0.4, 0.5) is 17.1 Å². The van der Waals surface area contributed by atoms with Crippen LogP contribution in [0.5, 0.6) is 5.75 Å². The van der Waals surface area contributed by atoms with Crippen molar-refractivity contribution in [1.29, 1.82) is 0 Å². The molecule has 4 nitrogen and oxygen atoms in total. The number of aryl methyl sites for hydroxylation is 3. The van der Waals surface area contributed by atoms with Gasteiger partial charge in [-0.3, -0.25) is 4.79 Å². The number of amides is 1. The molecule has 222 valence electrons. The average molecular weight is 557 g/mol. The first-order chi connectivity index (χ1) is 20.0. The second kappa shape index (κ2) is 18.2. The number of hydrogen-bond donors (Lipinski definition) is 2. The van der Waals surface area contributed by atoms with Gasteiger partial charge in [0.05, 0.1) is 0 Å². The highest BCUT2D eigenvalue weighted by Gasteiger charge is 2.17. The summed E-state index contributed by atoms with van der Waals surface area (Å²) in [6.45, 7) is 7.35. The summed E-state index contributed by atoms with van der Waals surface area (Å²) in [6, 6.07) is 22.7. The summed E-state index contributed by atoms with van der Waals surface area (Å²) >= 11 is 0. The Balaban J connectivity index is 1.72. The van der Waals surface area contributed by atoms with Crippen molar-refractivity contribution < 1.29 is 9.90 Å². The lowest BCUT2D eigenvalue weighted by Crippen LogP contribution is -2.32. The number of nitrogens with one attached hydrogen (secondary N) is 1. The van der Waals surface area contributed by atoms with Crippen LogP contribution in [0.15, 0.2) is 66.7 Å². The lowest BCUT2D eigenvalue weighted by atomic mass is 9.95. The molecule has 3 rings (SSSR count). The van der Waals surface area contributed by atoms with Gasteiger partial charge in [-0.2, -0.15) is 0 Å². The fourth-order valence-corrected chi connectivity index (χ4v) is 5.34. The maximum absolute atomic E-state index is 13.7. The van der Waals surface area contributed by atoms with Gasteiger partial charge in [-0.05, 0) is 91.6 Å². The van der Waals surface area contributed by atoms with Gasteiger partial charge in [0.1, 0.15) is 5.75 Å². The van der Waals surface area contributed by atoms with E-state index in [1.165, 1.54) is 25.7 Å². The Labute approximate surface area is 249 Å². The van der Waals surface area contributed by atoms with Gasteiger partial charge >= 0.3 is 0 Å². The van der Waals surface area contributed by atoms with Crippen LogP contribution in [0, 0.1) is 0 Å². The van der Waals surface area contributed by atoms with Crippen molar-refractivity contribution in [3.8, 4) is 5.75 Å². The zero-order valence-corrected chi connectivity index (χ0v) is 25.8. The Morgan fingerprint density at radius 2 is 1.24 bits per heavy atom. The first-order valence-electron chi connectivity index (χ1n) is 16.1. The zero-order chi connectivity index (χ0) is 29.3. The molecule has 0 aliphatic rings. The number of rotatable bonds is 19. The standard InChI is InChI=1S/C37H52N2O2/c1-4-7-10-11-12-16-27-39(35-24-22-34(23-25-35)38-33-19-14-13-15-20-33)36(40)26-21-30-28-31(17-8-5-2)37(41)32(29-30)18-9-6-3/h13-15,19-20,22-25,28-29,38,41H,4-12,16-18,21,26-27H2,1-3H3. The average Bonchev–Trinajstić information content (AvgIpc) is 3.00. The SMILES string of the molecule is CCCCCCCCN(C(=O)CCc1cc(CCCC)c(O)c(CCCC)c1)c1ccc(Nc2ccccc2)cc1. The third-order valence-corrected chi connectivity index (χ3v) is 7.83. The molecule has 0 unspecified atom stereocenters. The molecule has 3 aromatic rings. The van der Waals surface area contributed by atoms with Gasteiger partial charge in [-0.25, -0.2) is 0 Å². The number of phenolic OH excluding ortho intramolecular Hbond substituents is 1. The fourth-order valence-electron chi connectivity index (χ4n) is 5.34. The minimum absolute atomic E-state index is 0.167.